The van der Waals surface area contributed by atoms with Crippen molar-refractivity contribution in [2.45, 2.75) is 18.2 Å². The molecule has 1 amide bonds. The van der Waals surface area contributed by atoms with E-state index in [4.69, 9.17) is 5.26 Å². The van der Waals surface area contributed by atoms with Gasteiger partial charge in [-0.2, -0.15) is 9.57 Å². The first-order valence-electron chi connectivity index (χ1n) is 7.12. The Morgan fingerprint density at radius 3 is 2.36 bits per heavy atom. The van der Waals surface area contributed by atoms with Crippen molar-refractivity contribution in [1.82, 2.24) is 9.21 Å². The number of amides is 1. The van der Waals surface area contributed by atoms with Crippen molar-refractivity contribution in [3.8, 4) is 6.07 Å². The topological polar surface area (TPSA) is 81.5 Å². The third kappa shape index (κ3) is 2.38. The Bertz CT molecular complexity index is 743. The van der Waals surface area contributed by atoms with Crippen molar-refractivity contribution in [2.75, 3.05) is 26.2 Å². The molecule has 116 valence electrons. The van der Waals surface area contributed by atoms with E-state index in [2.05, 4.69) is 0 Å². The van der Waals surface area contributed by atoms with Crippen LogP contribution in [0.1, 0.15) is 18.9 Å². The molecule has 1 aromatic carbocycles. The summed E-state index contributed by atoms with van der Waals surface area (Å²) in [6.07, 6.45) is 0.853. The van der Waals surface area contributed by atoms with Crippen molar-refractivity contribution in [1.29, 1.82) is 5.26 Å². The Morgan fingerprint density at radius 1 is 1.23 bits per heavy atom. The molecule has 2 aliphatic rings. The number of hydrogen-bond acceptors (Lipinski definition) is 4. The Balaban J connectivity index is 1.71. The highest BCUT2D eigenvalue weighted by atomic mass is 32.2. The molecule has 1 aromatic rings. The zero-order chi connectivity index (χ0) is 16.0. The number of rotatable bonds is 2. The van der Waals surface area contributed by atoms with E-state index in [1.807, 2.05) is 6.07 Å². The zero-order valence-corrected chi connectivity index (χ0v) is 13.1. The van der Waals surface area contributed by atoms with Crippen LogP contribution in [0, 0.1) is 16.7 Å². The van der Waals surface area contributed by atoms with Crippen LogP contribution in [0.4, 0.5) is 0 Å². The van der Waals surface area contributed by atoms with Gasteiger partial charge in [-0.25, -0.2) is 8.42 Å². The highest BCUT2D eigenvalue weighted by molar-refractivity contribution is 7.89. The summed E-state index contributed by atoms with van der Waals surface area (Å²) in [6.45, 7) is 3.81. The van der Waals surface area contributed by atoms with Gasteiger partial charge in [-0.3, -0.25) is 4.79 Å². The molecule has 0 radical (unpaired) electrons. The molecule has 2 saturated heterocycles. The quantitative estimate of drug-likeness (QED) is 0.807. The third-order valence-corrected chi connectivity index (χ3v) is 6.33. The molecule has 2 fully saturated rings. The largest absolute Gasteiger partial charge is 0.342 e. The van der Waals surface area contributed by atoms with E-state index in [1.165, 1.54) is 28.6 Å². The van der Waals surface area contributed by atoms with Crippen molar-refractivity contribution in [2.24, 2.45) is 5.41 Å². The number of hydrogen-bond donors (Lipinski definition) is 0. The van der Waals surface area contributed by atoms with Gasteiger partial charge in [0, 0.05) is 38.5 Å². The molecular weight excluding hydrogens is 302 g/mol. The maximum Gasteiger partial charge on any atom is 0.243 e. The molecule has 0 saturated carbocycles. The number of sulfonamides is 1. The van der Waals surface area contributed by atoms with Gasteiger partial charge in [0.2, 0.25) is 15.9 Å². The summed E-state index contributed by atoms with van der Waals surface area (Å²) in [5.74, 6) is 0.0466. The standard InChI is InChI=1S/C15H17N3O3S/c1-12(19)17-7-6-15(9-17)10-18(11-15)22(20,21)14-4-2-13(8-16)3-5-14/h2-5H,6-7,9-11H2,1H3. The second-order valence-electron chi connectivity index (χ2n) is 6.10. The SMILES string of the molecule is CC(=O)N1CCC2(C1)CN(S(=O)(=O)c1ccc(C#N)cc1)C2. The Kier molecular flexibility index (Phi) is 3.46. The van der Waals surface area contributed by atoms with Crippen molar-refractivity contribution >= 4 is 15.9 Å². The van der Waals surface area contributed by atoms with Crippen molar-refractivity contribution in [3.05, 3.63) is 29.8 Å². The molecule has 1 spiro atoms. The summed E-state index contributed by atoms with van der Waals surface area (Å²) in [6, 6.07) is 7.93. The van der Waals surface area contributed by atoms with Gasteiger partial charge in [-0.05, 0) is 30.7 Å². The van der Waals surface area contributed by atoms with Gasteiger partial charge < -0.3 is 4.90 Å². The van der Waals surface area contributed by atoms with Gasteiger partial charge in [0.15, 0.2) is 0 Å². The van der Waals surface area contributed by atoms with Gasteiger partial charge in [-0.15, -0.1) is 0 Å². The van der Waals surface area contributed by atoms with Crippen molar-refractivity contribution in [3.63, 3.8) is 0 Å². The number of carbonyl (C=O) groups excluding carboxylic acids is 1. The number of nitrogens with zero attached hydrogens (tertiary/aromatic N) is 3. The molecule has 7 heteroatoms. The highest BCUT2D eigenvalue weighted by Crippen LogP contribution is 2.42. The molecule has 6 nitrogen and oxygen atoms in total. The molecule has 2 heterocycles. The van der Waals surface area contributed by atoms with Crippen LogP contribution in [0.25, 0.3) is 0 Å². The smallest absolute Gasteiger partial charge is 0.243 e. The number of benzene rings is 1. The first-order valence-corrected chi connectivity index (χ1v) is 8.56. The number of carbonyl (C=O) groups is 1. The fraction of sp³-hybridized carbons (Fsp3) is 0.467. The first-order chi connectivity index (χ1) is 10.4. The van der Waals surface area contributed by atoms with E-state index < -0.39 is 10.0 Å². The van der Waals surface area contributed by atoms with E-state index in [1.54, 1.807) is 11.8 Å². The van der Waals surface area contributed by atoms with Crippen LogP contribution in [-0.2, 0) is 14.8 Å². The van der Waals surface area contributed by atoms with Crippen LogP contribution in [0.3, 0.4) is 0 Å². The maximum absolute atomic E-state index is 12.5. The summed E-state index contributed by atoms with van der Waals surface area (Å²) in [7, 11) is -3.51. The lowest BCUT2D eigenvalue weighted by Gasteiger charge is -2.46. The fourth-order valence-corrected chi connectivity index (χ4v) is 4.85. The van der Waals surface area contributed by atoms with Gasteiger partial charge >= 0.3 is 0 Å². The number of nitriles is 1. The van der Waals surface area contributed by atoms with E-state index in [0.717, 1.165) is 6.42 Å². The molecule has 0 aromatic heterocycles. The van der Waals surface area contributed by atoms with Gasteiger partial charge in [-0.1, -0.05) is 0 Å². The Morgan fingerprint density at radius 2 is 1.86 bits per heavy atom. The van der Waals surface area contributed by atoms with Crippen LogP contribution in [0.15, 0.2) is 29.2 Å². The van der Waals surface area contributed by atoms with E-state index in [-0.39, 0.29) is 16.2 Å². The minimum atomic E-state index is -3.51. The zero-order valence-electron chi connectivity index (χ0n) is 12.3. The van der Waals surface area contributed by atoms with Gasteiger partial charge in [0.1, 0.15) is 0 Å². The first kappa shape index (κ1) is 15.0. The third-order valence-electron chi connectivity index (χ3n) is 4.53. The van der Waals surface area contributed by atoms with Crippen LogP contribution in [0.2, 0.25) is 0 Å². The molecule has 0 atom stereocenters. The van der Waals surface area contributed by atoms with Crippen molar-refractivity contribution < 1.29 is 13.2 Å². The molecule has 22 heavy (non-hydrogen) atoms. The minimum absolute atomic E-state index is 0.0466. The van der Waals surface area contributed by atoms with Crippen LogP contribution < -0.4 is 0 Å². The second-order valence-corrected chi connectivity index (χ2v) is 8.04. The van der Waals surface area contributed by atoms with E-state index in [0.29, 0.717) is 31.7 Å². The number of likely N-dealkylation sites (tertiary alicyclic amines) is 1. The molecule has 0 bridgehead atoms. The average Bonchev–Trinajstić information content (AvgIpc) is 2.91. The summed E-state index contributed by atoms with van der Waals surface area (Å²) in [5.41, 5.74) is 0.359. The Labute approximate surface area is 130 Å². The molecule has 0 N–H and O–H groups in total. The lowest BCUT2D eigenvalue weighted by atomic mass is 9.81. The molecular formula is C15H17N3O3S. The maximum atomic E-state index is 12.5. The fourth-order valence-electron chi connectivity index (χ4n) is 3.18. The highest BCUT2D eigenvalue weighted by Gasteiger charge is 2.52. The predicted molar refractivity (Wildman–Crippen MR) is 79.2 cm³/mol. The van der Waals surface area contributed by atoms with Crippen LogP contribution in [-0.4, -0.2) is 49.7 Å². The second kappa shape index (κ2) is 5.07. The van der Waals surface area contributed by atoms with Crippen LogP contribution in [0.5, 0.6) is 0 Å². The molecule has 0 aliphatic carbocycles. The monoisotopic (exact) mass is 319 g/mol. The summed E-state index contributed by atoms with van der Waals surface area (Å²) < 4.78 is 26.5. The lowest BCUT2D eigenvalue weighted by Crippen LogP contribution is -2.59. The normalized spacial score (nSPS) is 20.6. The summed E-state index contributed by atoms with van der Waals surface area (Å²) in [4.78, 5) is 13.4. The molecule has 0 unspecified atom stereocenters. The summed E-state index contributed by atoms with van der Waals surface area (Å²) >= 11 is 0. The van der Waals surface area contributed by atoms with E-state index >= 15 is 0 Å². The average molecular weight is 319 g/mol. The molecule has 2 aliphatic heterocycles. The van der Waals surface area contributed by atoms with Crippen LogP contribution >= 0.6 is 0 Å². The molecule has 3 rings (SSSR count). The lowest BCUT2D eigenvalue weighted by molar-refractivity contribution is -0.128. The predicted octanol–water partition coefficient (Wildman–Crippen LogP) is 0.801. The van der Waals surface area contributed by atoms with E-state index in [9.17, 15) is 13.2 Å². The Hall–Kier alpha value is -1.91. The summed E-state index contributed by atoms with van der Waals surface area (Å²) in [5, 5.41) is 8.76. The van der Waals surface area contributed by atoms with Gasteiger partial charge in [0.05, 0.1) is 16.5 Å². The van der Waals surface area contributed by atoms with Gasteiger partial charge in [0.25, 0.3) is 0 Å². The minimum Gasteiger partial charge on any atom is -0.342 e.